The SMILES string of the molecule is COc1ccc2c(c1)CC(N(C)CC1CCNCC1)CC2. The molecule has 1 aliphatic heterocycles. The van der Waals surface area contributed by atoms with Gasteiger partial charge in [-0.1, -0.05) is 6.07 Å². The van der Waals surface area contributed by atoms with Gasteiger partial charge in [0.15, 0.2) is 0 Å². The summed E-state index contributed by atoms with van der Waals surface area (Å²) in [5.74, 6) is 1.87. The van der Waals surface area contributed by atoms with Crippen LogP contribution in [-0.4, -0.2) is 44.7 Å². The Balaban J connectivity index is 1.61. The first kappa shape index (κ1) is 14.9. The van der Waals surface area contributed by atoms with Crippen LogP contribution in [0.15, 0.2) is 18.2 Å². The van der Waals surface area contributed by atoms with Crippen molar-refractivity contribution in [3.8, 4) is 5.75 Å². The van der Waals surface area contributed by atoms with Crippen molar-refractivity contribution < 1.29 is 4.74 Å². The summed E-state index contributed by atoms with van der Waals surface area (Å²) in [5.41, 5.74) is 3.00. The third-order valence-corrected chi connectivity index (χ3v) is 5.24. The standard InChI is InChI=1S/C18H28N2O/c1-20(13-14-7-9-19-10-8-14)17-5-3-15-4-6-18(21-2)12-16(15)11-17/h4,6,12,14,17,19H,3,5,7-11,13H2,1-2H3. The number of fused-ring (bicyclic) bond motifs is 1. The lowest BCUT2D eigenvalue weighted by Crippen LogP contribution is -2.41. The van der Waals surface area contributed by atoms with Crippen molar-refractivity contribution in [3.05, 3.63) is 29.3 Å². The highest BCUT2D eigenvalue weighted by atomic mass is 16.5. The lowest BCUT2D eigenvalue weighted by molar-refractivity contribution is 0.173. The smallest absolute Gasteiger partial charge is 0.119 e. The molecule has 1 fully saturated rings. The van der Waals surface area contributed by atoms with Crippen LogP contribution in [0.4, 0.5) is 0 Å². The maximum atomic E-state index is 5.38. The van der Waals surface area contributed by atoms with Crippen molar-refractivity contribution in [2.24, 2.45) is 5.92 Å². The Morgan fingerprint density at radius 1 is 1.19 bits per heavy atom. The van der Waals surface area contributed by atoms with Gasteiger partial charge in [0.1, 0.15) is 5.75 Å². The molecule has 1 atom stereocenters. The predicted molar refractivity (Wildman–Crippen MR) is 87.0 cm³/mol. The number of methoxy groups -OCH3 is 1. The van der Waals surface area contributed by atoms with E-state index in [4.69, 9.17) is 4.74 Å². The van der Waals surface area contributed by atoms with Crippen molar-refractivity contribution in [2.45, 2.75) is 38.1 Å². The second-order valence-electron chi connectivity index (χ2n) is 6.66. The second kappa shape index (κ2) is 6.80. The van der Waals surface area contributed by atoms with E-state index in [0.29, 0.717) is 6.04 Å². The molecule has 0 aromatic heterocycles. The maximum Gasteiger partial charge on any atom is 0.119 e. The van der Waals surface area contributed by atoms with E-state index in [1.165, 1.54) is 62.9 Å². The topological polar surface area (TPSA) is 24.5 Å². The number of aryl methyl sites for hydroxylation is 1. The number of nitrogens with zero attached hydrogens (tertiary/aromatic N) is 1. The number of ether oxygens (including phenoxy) is 1. The van der Waals surface area contributed by atoms with Crippen molar-refractivity contribution in [1.82, 2.24) is 10.2 Å². The molecule has 21 heavy (non-hydrogen) atoms. The molecule has 0 radical (unpaired) electrons. The Hall–Kier alpha value is -1.06. The summed E-state index contributed by atoms with van der Waals surface area (Å²) in [5, 5.41) is 3.46. The highest BCUT2D eigenvalue weighted by Gasteiger charge is 2.24. The highest BCUT2D eigenvalue weighted by Crippen LogP contribution is 2.28. The fourth-order valence-corrected chi connectivity index (χ4v) is 3.84. The van der Waals surface area contributed by atoms with Gasteiger partial charge in [-0.05, 0) is 81.4 Å². The van der Waals surface area contributed by atoms with Crippen molar-refractivity contribution in [3.63, 3.8) is 0 Å². The molecule has 0 amide bonds. The minimum Gasteiger partial charge on any atom is -0.497 e. The Kier molecular flexibility index (Phi) is 4.81. The number of likely N-dealkylation sites (N-methyl/N-ethyl adjacent to an activating group) is 1. The average molecular weight is 288 g/mol. The van der Waals surface area contributed by atoms with E-state index in [9.17, 15) is 0 Å². The minimum absolute atomic E-state index is 0.694. The van der Waals surface area contributed by atoms with Gasteiger partial charge in [-0.25, -0.2) is 0 Å². The van der Waals surface area contributed by atoms with Crippen molar-refractivity contribution in [1.29, 1.82) is 0 Å². The number of rotatable bonds is 4. The quantitative estimate of drug-likeness (QED) is 0.921. The number of piperidine rings is 1. The summed E-state index contributed by atoms with van der Waals surface area (Å²) in [6.45, 7) is 3.65. The third kappa shape index (κ3) is 3.58. The van der Waals surface area contributed by atoms with Crippen LogP contribution >= 0.6 is 0 Å². The van der Waals surface area contributed by atoms with E-state index in [1.807, 2.05) is 0 Å². The molecule has 0 saturated carbocycles. The van der Waals surface area contributed by atoms with Crippen LogP contribution in [0.5, 0.6) is 5.75 Å². The van der Waals surface area contributed by atoms with Crippen molar-refractivity contribution in [2.75, 3.05) is 33.8 Å². The number of hydrogen-bond donors (Lipinski definition) is 1. The van der Waals surface area contributed by atoms with Crippen LogP contribution in [0.1, 0.15) is 30.4 Å². The summed E-state index contributed by atoms with van der Waals surface area (Å²) < 4.78 is 5.38. The van der Waals surface area contributed by atoms with Gasteiger partial charge < -0.3 is 15.0 Å². The fourth-order valence-electron chi connectivity index (χ4n) is 3.84. The van der Waals surface area contributed by atoms with Crippen LogP contribution in [0, 0.1) is 5.92 Å². The number of nitrogens with one attached hydrogen (secondary N) is 1. The molecule has 1 aromatic rings. The summed E-state index contributed by atoms with van der Waals surface area (Å²) in [7, 11) is 4.07. The molecule has 1 unspecified atom stereocenters. The molecule has 1 N–H and O–H groups in total. The number of benzene rings is 1. The van der Waals surface area contributed by atoms with Gasteiger partial charge in [-0.15, -0.1) is 0 Å². The zero-order valence-corrected chi connectivity index (χ0v) is 13.4. The zero-order valence-electron chi connectivity index (χ0n) is 13.4. The molecular formula is C18H28N2O. The molecule has 1 aliphatic carbocycles. The predicted octanol–water partition coefficient (Wildman–Crippen LogP) is 2.48. The molecule has 1 saturated heterocycles. The summed E-state index contributed by atoms with van der Waals surface area (Å²) >= 11 is 0. The van der Waals surface area contributed by atoms with E-state index in [0.717, 1.165) is 11.7 Å². The van der Waals surface area contributed by atoms with Gasteiger partial charge >= 0.3 is 0 Å². The Morgan fingerprint density at radius 3 is 2.76 bits per heavy atom. The van der Waals surface area contributed by atoms with Gasteiger partial charge in [0.05, 0.1) is 7.11 Å². The molecule has 2 aliphatic rings. The molecule has 0 spiro atoms. The monoisotopic (exact) mass is 288 g/mol. The van der Waals surface area contributed by atoms with Gasteiger partial charge in [-0.3, -0.25) is 0 Å². The molecule has 1 heterocycles. The molecule has 0 bridgehead atoms. The molecular weight excluding hydrogens is 260 g/mol. The van der Waals surface area contributed by atoms with E-state index in [2.05, 4.69) is 35.5 Å². The molecule has 3 nitrogen and oxygen atoms in total. The fraction of sp³-hybridized carbons (Fsp3) is 0.667. The van der Waals surface area contributed by atoms with Crippen LogP contribution < -0.4 is 10.1 Å². The average Bonchev–Trinajstić information content (AvgIpc) is 2.54. The summed E-state index contributed by atoms with van der Waals surface area (Å²) in [6, 6.07) is 7.27. The third-order valence-electron chi connectivity index (χ3n) is 5.24. The van der Waals surface area contributed by atoms with Crippen LogP contribution in [-0.2, 0) is 12.8 Å². The van der Waals surface area contributed by atoms with Gasteiger partial charge in [0, 0.05) is 12.6 Å². The molecule has 3 heteroatoms. The minimum atomic E-state index is 0.694. The van der Waals surface area contributed by atoms with Gasteiger partial charge in [-0.2, -0.15) is 0 Å². The lowest BCUT2D eigenvalue weighted by atomic mass is 9.86. The first-order valence-corrected chi connectivity index (χ1v) is 8.33. The van der Waals surface area contributed by atoms with E-state index in [-0.39, 0.29) is 0 Å². The van der Waals surface area contributed by atoms with Gasteiger partial charge in [0.25, 0.3) is 0 Å². The first-order chi connectivity index (χ1) is 10.3. The maximum absolute atomic E-state index is 5.38. The lowest BCUT2D eigenvalue weighted by Gasteiger charge is -2.36. The Bertz CT molecular complexity index is 468. The van der Waals surface area contributed by atoms with E-state index in [1.54, 1.807) is 7.11 Å². The molecule has 3 rings (SSSR count). The molecule has 116 valence electrons. The second-order valence-corrected chi connectivity index (χ2v) is 6.66. The van der Waals surface area contributed by atoms with E-state index < -0.39 is 0 Å². The summed E-state index contributed by atoms with van der Waals surface area (Å²) in [4.78, 5) is 2.61. The van der Waals surface area contributed by atoms with Crippen LogP contribution in [0.25, 0.3) is 0 Å². The van der Waals surface area contributed by atoms with Gasteiger partial charge in [0.2, 0.25) is 0 Å². The van der Waals surface area contributed by atoms with Crippen molar-refractivity contribution >= 4 is 0 Å². The normalized spacial score (nSPS) is 23.1. The largest absolute Gasteiger partial charge is 0.497 e. The van der Waals surface area contributed by atoms with E-state index >= 15 is 0 Å². The molecule has 1 aromatic carbocycles. The zero-order chi connectivity index (χ0) is 14.7. The Labute approximate surface area is 128 Å². The van der Waals surface area contributed by atoms with Crippen LogP contribution in [0.2, 0.25) is 0 Å². The highest BCUT2D eigenvalue weighted by molar-refractivity contribution is 5.37. The first-order valence-electron chi connectivity index (χ1n) is 8.33. The Morgan fingerprint density at radius 2 is 2.00 bits per heavy atom. The number of hydrogen-bond acceptors (Lipinski definition) is 3. The summed E-state index contributed by atoms with van der Waals surface area (Å²) in [6.07, 6.45) is 6.35. The van der Waals surface area contributed by atoms with Crippen LogP contribution in [0.3, 0.4) is 0 Å².